The summed E-state index contributed by atoms with van der Waals surface area (Å²) in [6.45, 7) is 1.98. The molecule has 0 atom stereocenters. The largest absolute Gasteiger partial charge is 0.325 e. The molecule has 98 valence electrons. The van der Waals surface area contributed by atoms with Crippen LogP contribution < -0.4 is 5.32 Å². The van der Waals surface area contributed by atoms with Gasteiger partial charge in [-0.3, -0.25) is 4.79 Å². The molecule has 0 radical (unpaired) electrons. The van der Waals surface area contributed by atoms with Crippen molar-refractivity contribution in [2.45, 2.75) is 13.3 Å². The van der Waals surface area contributed by atoms with E-state index in [1.165, 1.54) is 0 Å². The van der Waals surface area contributed by atoms with Crippen LogP contribution in [-0.2, 0) is 11.2 Å². The van der Waals surface area contributed by atoms with Gasteiger partial charge in [0.25, 0.3) is 0 Å². The Morgan fingerprint density at radius 3 is 2.68 bits per heavy atom. The van der Waals surface area contributed by atoms with Gasteiger partial charge in [-0.25, -0.2) is 0 Å². The van der Waals surface area contributed by atoms with Crippen LogP contribution in [0.3, 0.4) is 0 Å². The van der Waals surface area contributed by atoms with Gasteiger partial charge in [-0.2, -0.15) is 0 Å². The first kappa shape index (κ1) is 14.1. The van der Waals surface area contributed by atoms with Gasteiger partial charge in [0.2, 0.25) is 5.91 Å². The summed E-state index contributed by atoms with van der Waals surface area (Å²) < 4.78 is 0.905. The molecule has 2 nitrogen and oxygen atoms in total. The Balaban J connectivity index is 2.10. The number of benzene rings is 2. The van der Waals surface area contributed by atoms with Crippen LogP contribution in [0.15, 0.2) is 46.9 Å². The summed E-state index contributed by atoms with van der Waals surface area (Å²) in [4.78, 5) is 12.0. The molecule has 0 aromatic heterocycles. The van der Waals surface area contributed by atoms with E-state index < -0.39 is 0 Å². The summed E-state index contributed by atoms with van der Waals surface area (Å²) in [5, 5.41) is 3.49. The lowest BCUT2D eigenvalue weighted by Crippen LogP contribution is -2.15. The summed E-state index contributed by atoms with van der Waals surface area (Å²) in [5.41, 5.74) is 2.68. The molecule has 2 aromatic rings. The Labute approximate surface area is 125 Å². The van der Waals surface area contributed by atoms with Crippen molar-refractivity contribution >= 4 is 39.1 Å². The van der Waals surface area contributed by atoms with Crippen LogP contribution in [0.25, 0.3) is 0 Å². The van der Waals surface area contributed by atoms with Gasteiger partial charge in [-0.1, -0.05) is 41.9 Å². The highest BCUT2D eigenvalue weighted by Gasteiger charge is 2.09. The van der Waals surface area contributed by atoms with Crippen molar-refractivity contribution in [2.75, 3.05) is 5.32 Å². The highest BCUT2D eigenvalue weighted by atomic mass is 79.9. The molecule has 0 saturated heterocycles. The number of hydrogen-bond acceptors (Lipinski definition) is 1. The SMILES string of the molecule is Cc1cccc(NC(=O)Cc2ccccc2Cl)c1Br. The van der Waals surface area contributed by atoms with E-state index >= 15 is 0 Å². The van der Waals surface area contributed by atoms with Crippen LogP contribution in [-0.4, -0.2) is 5.91 Å². The fourth-order valence-electron chi connectivity index (χ4n) is 1.75. The predicted molar refractivity (Wildman–Crippen MR) is 82.7 cm³/mol. The number of hydrogen-bond donors (Lipinski definition) is 1. The minimum atomic E-state index is -0.0839. The van der Waals surface area contributed by atoms with Crippen molar-refractivity contribution in [2.24, 2.45) is 0 Å². The molecular weight excluding hydrogens is 326 g/mol. The Hall–Kier alpha value is -1.32. The third-order valence-corrected chi connectivity index (χ3v) is 4.20. The number of carbonyl (C=O) groups is 1. The highest BCUT2D eigenvalue weighted by molar-refractivity contribution is 9.10. The maximum absolute atomic E-state index is 12.0. The van der Waals surface area contributed by atoms with E-state index in [4.69, 9.17) is 11.6 Å². The number of amides is 1. The van der Waals surface area contributed by atoms with Crippen molar-refractivity contribution in [1.82, 2.24) is 0 Å². The van der Waals surface area contributed by atoms with Gasteiger partial charge in [0, 0.05) is 9.50 Å². The van der Waals surface area contributed by atoms with Crippen LogP contribution in [0.2, 0.25) is 5.02 Å². The van der Waals surface area contributed by atoms with E-state index in [0.717, 1.165) is 21.3 Å². The van der Waals surface area contributed by atoms with Crippen molar-refractivity contribution in [3.8, 4) is 0 Å². The molecule has 0 saturated carbocycles. The lowest BCUT2D eigenvalue weighted by atomic mass is 10.1. The molecule has 4 heteroatoms. The first-order valence-electron chi connectivity index (χ1n) is 5.86. The normalized spacial score (nSPS) is 10.3. The number of aryl methyl sites for hydroxylation is 1. The Morgan fingerprint density at radius 2 is 1.95 bits per heavy atom. The third kappa shape index (κ3) is 3.58. The first-order valence-corrected chi connectivity index (χ1v) is 7.03. The molecule has 0 aliphatic rings. The summed E-state index contributed by atoms with van der Waals surface area (Å²) in [6, 6.07) is 13.1. The molecule has 2 rings (SSSR count). The number of nitrogens with one attached hydrogen (secondary N) is 1. The van der Waals surface area contributed by atoms with E-state index in [0.29, 0.717) is 5.02 Å². The van der Waals surface area contributed by atoms with Crippen LogP contribution in [0.5, 0.6) is 0 Å². The smallest absolute Gasteiger partial charge is 0.228 e. The number of halogens is 2. The van der Waals surface area contributed by atoms with Crippen molar-refractivity contribution in [3.63, 3.8) is 0 Å². The van der Waals surface area contributed by atoms with Gasteiger partial charge in [0.1, 0.15) is 0 Å². The van der Waals surface area contributed by atoms with Crippen LogP contribution >= 0.6 is 27.5 Å². The summed E-state index contributed by atoms with van der Waals surface area (Å²) in [6.07, 6.45) is 0.264. The van der Waals surface area contributed by atoms with E-state index in [1.807, 2.05) is 43.3 Å². The van der Waals surface area contributed by atoms with Crippen molar-refractivity contribution in [3.05, 3.63) is 63.1 Å². The van der Waals surface area contributed by atoms with E-state index in [1.54, 1.807) is 6.07 Å². The predicted octanol–water partition coefficient (Wildman–Crippen LogP) is 4.59. The second-order valence-corrected chi connectivity index (χ2v) is 5.45. The maximum atomic E-state index is 12.0. The van der Waals surface area contributed by atoms with Gasteiger partial charge in [0.05, 0.1) is 12.1 Å². The van der Waals surface area contributed by atoms with Crippen LogP contribution in [0.4, 0.5) is 5.69 Å². The molecule has 0 unspecified atom stereocenters. The molecule has 0 aliphatic carbocycles. The van der Waals surface area contributed by atoms with Crippen molar-refractivity contribution < 1.29 is 4.79 Å². The van der Waals surface area contributed by atoms with Crippen molar-refractivity contribution in [1.29, 1.82) is 0 Å². The van der Waals surface area contributed by atoms with Gasteiger partial charge in [0.15, 0.2) is 0 Å². The lowest BCUT2D eigenvalue weighted by molar-refractivity contribution is -0.115. The van der Waals surface area contributed by atoms with Gasteiger partial charge < -0.3 is 5.32 Å². The fourth-order valence-corrected chi connectivity index (χ4v) is 2.32. The zero-order chi connectivity index (χ0) is 13.8. The fraction of sp³-hybridized carbons (Fsp3) is 0.133. The number of anilines is 1. The highest BCUT2D eigenvalue weighted by Crippen LogP contribution is 2.26. The van der Waals surface area contributed by atoms with Gasteiger partial charge in [-0.05, 0) is 46.1 Å². The monoisotopic (exact) mass is 337 g/mol. The Kier molecular flexibility index (Phi) is 4.61. The Bertz CT molecular complexity index is 613. The maximum Gasteiger partial charge on any atom is 0.228 e. The molecule has 0 fully saturated rings. The summed E-state index contributed by atoms with van der Waals surface area (Å²) >= 11 is 9.51. The average molecular weight is 339 g/mol. The summed E-state index contributed by atoms with van der Waals surface area (Å²) in [7, 11) is 0. The molecule has 1 amide bonds. The van der Waals surface area contributed by atoms with Gasteiger partial charge >= 0.3 is 0 Å². The molecule has 0 heterocycles. The molecule has 0 spiro atoms. The van der Waals surface area contributed by atoms with E-state index in [2.05, 4.69) is 21.2 Å². The second-order valence-electron chi connectivity index (χ2n) is 4.25. The minimum absolute atomic E-state index is 0.0839. The summed E-state index contributed by atoms with van der Waals surface area (Å²) in [5.74, 6) is -0.0839. The minimum Gasteiger partial charge on any atom is -0.325 e. The zero-order valence-electron chi connectivity index (χ0n) is 10.4. The van der Waals surface area contributed by atoms with Crippen LogP contribution in [0.1, 0.15) is 11.1 Å². The molecular formula is C15H13BrClNO. The quantitative estimate of drug-likeness (QED) is 0.871. The van der Waals surface area contributed by atoms with E-state index in [-0.39, 0.29) is 12.3 Å². The average Bonchev–Trinajstić information content (AvgIpc) is 2.38. The molecule has 0 bridgehead atoms. The first-order chi connectivity index (χ1) is 9.08. The van der Waals surface area contributed by atoms with Gasteiger partial charge in [-0.15, -0.1) is 0 Å². The zero-order valence-corrected chi connectivity index (χ0v) is 12.8. The molecule has 2 aromatic carbocycles. The van der Waals surface area contributed by atoms with E-state index in [9.17, 15) is 4.79 Å². The number of rotatable bonds is 3. The number of carbonyl (C=O) groups excluding carboxylic acids is 1. The standard InChI is InChI=1S/C15H13BrClNO/c1-10-5-4-8-13(15(10)16)18-14(19)9-11-6-2-3-7-12(11)17/h2-8H,9H2,1H3,(H,18,19). The Morgan fingerprint density at radius 1 is 1.21 bits per heavy atom. The molecule has 19 heavy (non-hydrogen) atoms. The topological polar surface area (TPSA) is 29.1 Å². The molecule has 1 N–H and O–H groups in total. The third-order valence-electron chi connectivity index (χ3n) is 2.77. The lowest BCUT2D eigenvalue weighted by Gasteiger charge is -2.09. The molecule has 0 aliphatic heterocycles. The van der Waals surface area contributed by atoms with Crippen LogP contribution in [0, 0.1) is 6.92 Å². The second kappa shape index (κ2) is 6.22.